The molecule has 5 aromatic rings. The first kappa shape index (κ1) is 23.3. The maximum Gasteiger partial charge on any atom is 0.417 e. The number of aromatic nitrogens is 3. The Morgan fingerprint density at radius 2 is 1.72 bits per heavy atom. The van der Waals surface area contributed by atoms with Crippen molar-refractivity contribution in [3.63, 3.8) is 0 Å². The van der Waals surface area contributed by atoms with Gasteiger partial charge in [-0.2, -0.15) is 13.2 Å². The van der Waals surface area contributed by atoms with Crippen molar-refractivity contribution in [1.82, 2.24) is 14.4 Å². The zero-order valence-corrected chi connectivity index (χ0v) is 19.5. The van der Waals surface area contributed by atoms with E-state index in [9.17, 15) is 18.0 Å². The van der Waals surface area contributed by atoms with E-state index in [-0.39, 0.29) is 0 Å². The van der Waals surface area contributed by atoms with Crippen LogP contribution in [0.1, 0.15) is 27.2 Å². The van der Waals surface area contributed by atoms with Crippen LogP contribution in [0.25, 0.3) is 28.0 Å². The third-order valence-corrected chi connectivity index (χ3v) is 5.95. The molecular formula is C28H21F3N4O. The summed E-state index contributed by atoms with van der Waals surface area (Å²) in [5, 5.41) is 2.58. The summed E-state index contributed by atoms with van der Waals surface area (Å²) in [5.74, 6) is -0.837. The zero-order chi connectivity index (χ0) is 25.4. The second kappa shape index (κ2) is 8.96. The largest absolute Gasteiger partial charge is 0.417 e. The molecule has 0 atom stereocenters. The lowest BCUT2D eigenvalue weighted by molar-refractivity contribution is -0.137. The van der Waals surface area contributed by atoms with Gasteiger partial charge in [0, 0.05) is 35.4 Å². The standard InChI is InChI=1S/C28H21F3N4O/c1-17-7-10-21(11-8-17)34-27(36)23-15-19(9-12-24(23)28(29,30)31)22-6-4-14-35-25(18(2)33-26(22)35)20-5-3-13-32-16-20/h3-16H,1-2H3,(H,34,36). The highest BCUT2D eigenvalue weighted by atomic mass is 19.4. The number of fused-ring (bicyclic) bond motifs is 1. The Bertz CT molecular complexity index is 1570. The summed E-state index contributed by atoms with van der Waals surface area (Å²) in [6.45, 7) is 3.75. The van der Waals surface area contributed by atoms with Gasteiger partial charge in [-0.1, -0.05) is 23.8 Å². The summed E-state index contributed by atoms with van der Waals surface area (Å²) in [5.41, 5.74) is 4.00. The summed E-state index contributed by atoms with van der Waals surface area (Å²) in [7, 11) is 0. The highest BCUT2D eigenvalue weighted by Gasteiger charge is 2.35. The molecule has 8 heteroatoms. The SMILES string of the molecule is Cc1ccc(NC(=O)c2cc(-c3cccn4c(-c5cccnc5)c(C)nc34)ccc2C(F)(F)F)cc1. The molecule has 5 rings (SSSR count). The van der Waals surface area contributed by atoms with Crippen LogP contribution in [0.3, 0.4) is 0 Å². The number of nitrogens with one attached hydrogen (secondary N) is 1. The van der Waals surface area contributed by atoms with Crippen molar-refractivity contribution in [2.75, 3.05) is 5.32 Å². The molecule has 2 aromatic carbocycles. The van der Waals surface area contributed by atoms with Gasteiger partial charge in [-0.25, -0.2) is 4.98 Å². The number of aryl methyl sites for hydroxylation is 2. The van der Waals surface area contributed by atoms with Gasteiger partial charge in [-0.3, -0.25) is 14.2 Å². The number of alkyl halides is 3. The number of hydrogen-bond donors (Lipinski definition) is 1. The maximum atomic E-state index is 13.8. The first-order chi connectivity index (χ1) is 17.2. The van der Waals surface area contributed by atoms with E-state index in [1.807, 2.05) is 36.6 Å². The summed E-state index contributed by atoms with van der Waals surface area (Å²) in [4.78, 5) is 21.9. The number of hydrogen-bond acceptors (Lipinski definition) is 3. The number of halogens is 3. The second-order valence-electron chi connectivity index (χ2n) is 8.48. The molecule has 0 spiro atoms. The van der Waals surface area contributed by atoms with E-state index in [1.54, 1.807) is 48.8 Å². The van der Waals surface area contributed by atoms with Crippen molar-refractivity contribution in [2.24, 2.45) is 0 Å². The fraction of sp³-hybridized carbons (Fsp3) is 0.107. The molecule has 0 aliphatic carbocycles. The van der Waals surface area contributed by atoms with Crippen LogP contribution in [0.4, 0.5) is 18.9 Å². The number of pyridine rings is 2. The Balaban J connectivity index is 1.63. The fourth-order valence-electron chi connectivity index (χ4n) is 4.24. The highest BCUT2D eigenvalue weighted by molar-refractivity contribution is 6.06. The molecule has 180 valence electrons. The van der Waals surface area contributed by atoms with E-state index in [4.69, 9.17) is 4.98 Å². The quantitative estimate of drug-likeness (QED) is 0.299. The molecule has 0 aliphatic rings. The lowest BCUT2D eigenvalue weighted by atomic mass is 9.98. The Kier molecular flexibility index (Phi) is 5.80. The topological polar surface area (TPSA) is 59.3 Å². The zero-order valence-electron chi connectivity index (χ0n) is 19.5. The van der Waals surface area contributed by atoms with Gasteiger partial charge in [0.1, 0.15) is 5.65 Å². The molecule has 0 saturated heterocycles. The molecule has 0 saturated carbocycles. The predicted molar refractivity (Wildman–Crippen MR) is 133 cm³/mol. The first-order valence-electron chi connectivity index (χ1n) is 11.2. The molecule has 0 aliphatic heterocycles. The van der Waals surface area contributed by atoms with Crippen molar-refractivity contribution in [1.29, 1.82) is 0 Å². The van der Waals surface area contributed by atoms with Crippen LogP contribution >= 0.6 is 0 Å². The summed E-state index contributed by atoms with van der Waals surface area (Å²) in [6, 6.07) is 17.8. The lowest BCUT2D eigenvalue weighted by Crippen LogP contribution is -2.19. The van der Waals surface area contributed by atoms with E-state index in [2.05, 4.69) is 10.3 Å². The van der Waals surface area contributed by atoms with Crippen molar-refractivity contribution >= 4 is 17.2 Å². The van der Waals surface area contributed by atoms with Gasteiger partial charge >= 0.3 is 6.18 Å². The third kappa shape index (κ3) is 4.33. The molecule has 0 unspecified atom stereocenters. The number of rotatable bonds is 4. The van der Waals surface area contributed by atoms with Gasteiger partial charge in [0.15, 0.2) is 0 Å². The van der Waals surface area contributed by atoms with Crippen LogP contribution in [0.15, 0.2) is 85.3 Å². The van der Waals surface area contributed by atoms with Gasteiger partial charge in [-0.15, -0.1) is 0 Å². The van der Waals surface area contributed by atoms with Crippen molar-refractivity contribution in [3.8, 4) is 22.4 Å². The Labute approximate surface area is 205 Å². The average molecular weight is 486 g/mol. The van der Waals surface area contributed by atoms with Gasteiger partial charge < -0.3 is 5.32 Å². The fourth-order valence-corrected chi connectivity index (χ4v) is 4.24. The molecule has 0 fully saturated rings. The Hall–Kier alpha value is -4.46. The van der Waals surface area contributed by atoms with Crippen LogP contribution in [0.5, 0.6) is 0 Å². The van der Waals surface area contributed by atoms with E-state index in [0.29, 0.717) is 22.5 Å². The number of nitrogens with zero attached hydrogens (tertiary/aromatic N) is 3. The van der Waals surface area contributed by atoms with Crippen LogP contribution in [-0.4, -0.2) is 20.3 Å². The summed E-state index contributed by atoms with van der Waals surface area (Å²) in [6.07, 6.45) is 0.561. The summed E-state index contributed by atoms with van der Waals surface area (Å²) < 4.78 is 43.4. The maximum absolute atomic E-state index is 13.8. The van der Waals surface area contributed by atoms with Gasteiger partial charge in [0.2, 0.25) is 0 Å². The number of benzene rings is 2. The number of carbonyl (C=O) groups excluding carboxylic acids is 1. The lowest BCUT2D eigenvalue weighted by Gasteiger charge is -2.15. The summed E-state index contributed by atoms with van der Waals surface area (Å²) >= 11 is 0. The molecule has 5 nitrogen and oxygen atoms in total. The van der Waals surface area contributed by atoms with E-state index in [0.717, 1.165) is 28.6 Å². The van der Waals surface area contributed by atoms with Gasteiger partial charge in [0.05, 0.1) is 22.5 Å². The molecule has 1 amide bonds. The Morgan fingerprint density at radius 1 is 0.944 bits per heavy atom. The molecule has 0 radical (unpaired) electrons. The number of imidazole rings is 1. The predicted octanol–water partition coefficient (Wildman–Crippen LogP) is 6.95. The minimum absolute atomic E-state index is 0.413. The van der Waals surface area contributed by atoms with E-state index in [1.165, 1.54) is 12.1 Å². The number of amides is 1. The molecule has 1 N–H and O–H groups in total. The third-order valence-electron chi connectivity index (χ3n) is 5.95. The normalized spacial score (nSPS) is 11.6. The number of anilines is 1. The smallest absolute Gasteiger partial charge is 0.322 e. The van der Waals surface area contributed by atoms with Crippen molar-refractivity contribution < 1.29 is 18.0 Å². The van der Waals surface area contributed by atoms with Crippen LogP contribution < -0.4 is 5.32 Å². The molecule has 3 heterocycles. The van der Waals surface area contributed by atoms with Crippen LogP contribution in [-0.2, 0) is 6.18 Å². The van der Waals surface area contributed by atoms with E-state index >= 15 is 0 Å². The van der Waals surface area contributed by atoms with Crippen LogP contribution in [0, 0.1) is 13.8 Å². The average Bonchev–Trinajstić information content (AvgIpc) is 3.20. The monoisotopic (exact) mass is 486 g/mol. The molecule has 36 heavy (non-hydrogen) atoms. The minimum atomic E-state index is -4.69. The first-order valence-corrected chi connectivity index (χ1v) is 11.2. The second-order valence-corrected chi connectivity index (χ2v) is 8.48. The molecule has 3 aromatic heterocycles. The van der Waals surface area contributed by atoms with Gasteiger partial charge in [0.25, 0.3) is 5.91 Å². The minimum Gasteiger partial charge on any atom is -0.322 e. The van der Waals surface area contributed by atoms with E-state index < -0.39 is 23.2 Å². The Morgan fingerprint density at radius 3 is 2.42 bits per heavy atom. The highest BCUT2D eigenvalue weighted by Crippen LogP contribution is 2.36. The molecule has 0 bridgehead atoms. The molecular weight excluding hydrogens is 465 g/mol. The van der Waals surface area contributed by atoms with Crippen molar-refractivity contribution in [3.05, 3.63) is 108 Å². The van der Waals surface area contributed by atoms with Crippen molar-refractivity contribution in [2.45, 2.75) is 20.0 Å². The van der Waals surface area contributed by atoms with Gasteiger partial charge in [-0.05, 0) is 67.9 Å². The number of carbonyl (C=O) groups is 1. The van der Waals surface area contributed by atoms with Crippen LogP contribution in [0.2, 0.25) is 0 Å².